The van der Waals surface area contributed by atoms with Crippen molar-refractivity contribution in [3.63, 3.8) is 0 Å². The first kappa shape index (κ1) is 52.8. The number of amides is 6. The first-order valence-electron chi connectivity index (χ1n) is 19.6. The summed E-state index contributed by atoms with van der Waals surface area (Å²) in [5.41, 5.74) is 22.4. The number of guanidine groups is 1. The maximum Gasteiger partial charge on any atom is 0.328 e. The van der Waals surface area contributed by atoms with Gasteiger partial charge in [0.1, 0.15) is 36.3 Å². The number of rotatable bonds is 29. The number of carbonyl (C=O) groups is 7. The summed E-state index contributed by atoms with van der Waals surface area (Å²) in [5, 5.41) is 34.4. The highest BCUT2D eigenvalue weighted by Gasteiger charge is 2.36. The Morgan fingerprint density at radius 1 is 0.649 bits per heavy atom. The van der Waals surface area contributed by atoms with E-state index < -0.39 is 102 Å². The van der Waals surface area contributed by atoms with Crippen LogP contribution in [-0.4, -0.2) is 125 Å². The van der Waals surface area contributed by atoms with Gasteiger partial charge in [-0.25, -0.2) is 4.79 Å². The maximum absolute atomic E-state index is 14.0. The average Bonchev–Trinajstić information content (AvgIpc) is 3.16. The van der Waals surface area contributed by atoms with Gasteiger partial charge in [-0.1, -0.05) is 54.4 Å². The topological polar surface area (TPSA) is 349 Å². The van der Waals surface area contributed by atoms with Crippen molar-refractivity contribution in [2.24, 2.45) is 45.7 Å². The third-order valence-electron chi connectivity index (χ3n) is 9.42. The summed E-state index contributed by atoms with van der Waals surface area (Å²) in [7, 11) is 0. The van der Waals surface area contributed by atoms with Gasteiger partial charge >= 0.3 is 5.97 Å². The fraction of sp³-hybridized carbons (Fsp3) is 0.778. The van der Waals surface area contributed by atoms with Crippen molar-refractivity contribution in [1.29, 1.82) is 0 Å². The molecule has 0 saturated heterocycles. The summed E-state index contributed by atoms with van der Waals surface area (Å²) in [6, 6.07) is -8.42. The molecular weight excluding hydrogens is 763 g/mol. The molecule has 0 aromatic heterocycles. The number of aliphatic hydroxyl groups excluding tert-OH is 1. The monoisotopic (exact) mass is 832 g/mol. The Bertz CT molecular complexity index is 1340. The molecule has 57 heavy (non-hydrogen) atoms. The Hall–Kier alpha value is -4.21. The van der Waals surface area contributed by atoms with Crippen LogP contribution in [0.3, 0.4) is 0 Å². The van der Waals surface area contributed by atoms with Crippen molar-refractivity contribution in [1.82, 2.24) is 31.9 Å². The molecule has 0 saturated carbocycles. The molecule has 0 aliphatic rings. The van der Waals surface area contributed by atoms with E-state index in [1.807, 2.05) is 13.8 Å². The van der Waals surface area contributed by atoms with E-state index in [9.17, 15) is 43.8 Å². The minimum Gasteiger partial charge on any atom is -0.480 e. The highest BCUT2D eigenvalue weighted by atomic mass is 32.1. The number of thiol groups is 1. The van der Waals surface area contributed by atoms with Gasteiger partial charge in [-0.05, 0) is 62.8 Å². The van der Waals surface area contributed by atoms with Gasteiger partial charge in [-0.2, -0.15) is 12.6 Å². The molecule has 0 fully saturated rings. The zero-order chi connectivity index (χ0) is 43.8. The molecule has 0 bridgehead atoms. The summed E-state index contributed by atoms with van der Waals surface area (Å²) in [6.45, 7) is 10.3. The van der Waals surface area contributed by atoms with Crippen LogP contribution in [-0.2, 0) is 33.6 Å². The Kier molecular flexibility index (Phi) is 26.1. The van der Waals surface area contributed by atoms with Gasteiger partial charge in [0.2, 0.25) is 35.4 Å². The lowest BCUT2D eigenvalue weighted by Crippen LogP contribution is -2.61. The Morgan fingerprint density at radius 2 is 1.09 bits per heavy atom. The van der Waals surface area contributed by atoms with E-state index in [4.69, 9.17) is 22.9 Å². The average molecular weight is 832 g/mol. The molecule has 16 N–H and O–H groups in total. The lowest BCUT2D eigenvalue weighted by atomic mass is 9.95. The molecule has 0 aliphatic heterocycles. The number of aliphatic carboxylic acids is 1. The first-order chi connectivity index (χ1) is 26.8. The first-order valence-corrected chi connectivity index (χ1v) is 20.2. The Morgan fingerprint density at radius 3 is 1.49 bits per heavy atom. The molecule has 6 amide bonds. The predicted octanol–water partition coefficient (Wildman–Crippen LogP) is -2.45. The molecule has 9 atom stereocenters. The number of nitrogens with one attached hydrogen (secondary N) is 6. The number of nitrogens with zero attached hydrogens (tertiary/aromatic N) is 1. The van der Waals surface area contributed by atoms with Crippen LogP contribution in [0.1, 0.15) is 92.9 Å². The van der Waals surface area contributed by atoms with Crippen molar-refractivity contribution in [2.75, 3.05) is 25.4 Å². The van der Waals surface area contributed by atoms with E-state index in [0.29, 0.717) is 32.2 Å². The van der Waals surface area contributed by atoms with Crippen molar-refractivity contribution >= 4 is 60.0 Å². The molecule has 21 heteroatoms. The zero-order valence-corrected chi connectivity index (χ0v) is 35.1. The fourth-order valence-corrected chi connectivity index (χ4v) is 5.66. The maximum atomic E-state index is 14.0. The van der Waals surface area contributed by atoms with Crippen LogP contribution in [0.4, 0.5) is 0 Å². The van der Waals surface area contributed by atoms with Crippen LogP contribution in [0.15, 0.2) is 4.99 Å². The van der Waals surface area contributed by atoms with Crippen LogP contribution >= 0.6 is 12.6 Å². The van der Waals surface area contributed by atoms with Crippen molar-refractivity contribution in [3.8, 4) is 0 Å². The Balaban J connectivity index is 6.54. The van der Waals surface area contributed by atoms with Crippen LogP contribution in [0.5, 0.6) is 0 Å². The SMILES string of the molecule is CCC(C)C(NC(=O)C(CCCCN)NC(=O)C(NC(=O)C(CCCN=C(N)N)NC(=O)C(CC(C)C)NC(=O)C(N)CS)C(C)CC)C(=O)NC(CO)C(=O)O. The van der Waals surface area contributed by atoms with Crippen LogP contribution < -0.4 is 54.8 Å². The van der Waals surface area contributed by atoms with E-state index in [1.54, 1.807) is 27.7 Å². The normalized spacial score (nSPS) is 15.9. The Labute approximate surface area is 341 Å². The molecule has 0 radical (unpaired) electrons. The summed E-state index contributed by atoms with van der Waals surface area (Å²) in [4.78, 5) is 96.6. The number of unbranched alkanes of at least 4 members (excludes halogenated alkanes) is 1. The third kappa shape index (κ3) is 20.2. The van der Waals surface area contributed by atoms with Crippen LogP contribution in [0.2, 0.25) is 0 Å². The van der Waals surface area contributed by atoms with Gasteiger partial charge in [0, 0.05) is 12.3 Å². The zero-order valence-electron chi connectivity index (χ0n) is 34.2. The summed E-state index contributed by atoms with van der Waals surface area (Å²) in [6.07, 6.45) is 2.40. The molecule has 0 heterocycles. The highest BCUT2D eigenvalue weighted by molar-refractivity contribution is 7.80. The number of hydrogen-bond acceptors (Lipinski definition) is 12. The van der Waals surface area contributed by atoms with Gasteiger partial charge < -0.3 is 65.0 Å². The van der Waals surface area contributed by atoms with Gasteiger partial charge in [-0.3, -0.25) is 33.8 Å². The molecular formula is C36H69N11O9S. The minimum atomic E-state index is -1.60. The van der Waals surface area contributed by atoms with Crippen LogP contribution in [0, 0.1) is 17.8 Å². The van der Waals surface area contributed by atoms with Gasteiger partial charge in [0.25, 0.3) is 0 Å². The lowest BCUT2D eigenvalue weighted by molar-refractivity contribution is -0.143. The molecule has 20 nitrogen and oxygen atoms in total. The number of aliphatic imine (C=N–C) groups is 1. The summed E-state index contributed by atoms with van der Waals surface area (Å²) in [5.74, 6) is -6.80. The number of hydrogen-bond donors (Lipinski definition) is 13. The second-order valence-electron chi connectivity index (χ2n) is 14.7. The summed E-state index contributed by atoms with van der Waals surface area (Å²) >= 11 is 4.05. The third-order valence-corrected chi connectivity index (χ3v) is 9.81. The van der Waals surface area contributed by atoms with Crippen molar-refractivity contribution in [3.05, 3.63) is 0 Å². The standard InChI is InChI=1S/C36H69N11O9S/c1-7-20(5)27(33(53)43-23(12-9-10-14-37)30(50)47-28(21(6)8-2)34(54)45-26(17-48)35(55)56)46-31(51)24(13-11-15-41-36(39)40)42-32(52)25(16-19(3)4)44-29(49)22(38)18-57/h19-28,48,57H,7-18,37-38H2,1-6H3,(H,42,52)(H,43,53)(H,44,49)(H,45,54)(H,46,51)(H,47,50)(H,55,56)(H4,39,40,41). The van der Waals surface area contributed by atoms with Gasteiger partial charge in [0.15, 0.2) is 5.96 Å². The molecule has 9 unspecified atom stereocenters. The van der Waals surface area contributed by atoms with Gasteiger partial charge in [0.05, 0.1) is 12.6 Å². The molecule has 0 spiro atoms. The molecule has 328 valence electrons. The molecule has 0 aliphatic carbocycles. The number of nitrogens with two attached hydrogens (primary N) is 4. The molecule has 0 aromatic carbocycles. The van der Waals surface area contributed by atoms with E-state index in [2.05, 4.69) is 49.5 Å². The van der Waals surface area contributed by atoms with E-state index in [0.717, 1.165) is 0 Å². The van der Waals surface area contributed by atoms with E-state index in [-0.39, 0.29) is 49.9 Å². The largest absolute Gasteiger partial charge is 0.480 e. The number of carbonyl (C=O) groups excluding carboxylic acids is 6. The van der Waals surface area contributed by atoms with Crippen molar-refractivity contribution in [2.45, 2.75) is 135 Å². The number of carboxylic acid groups (broad SMARTS) is 1. The molecule has 0 aromatic rings. The van der Waals surface area contributed by atoms with Crippen LogP contribution in [0.25, 0.3) is 0 Å². The lowest BCUT2D eigenvalue weighted by Gasteiger charge is -2.30. The minimum absolute atomic E-state index is 0.0343. The second kappa shape index (κ2) is 28.2. The summed E-state index contributed by atoms with van der Waals surface area (Å²) < 4.78 is 0. The van der Waals surface area contributed by atoms with Gasteiger partial charge in [-0.15, -0.1) is 0 Å². The van der Waals surface area contributed by atoms with Crippen molar-refractivity contribution < 1.29 is 43.8 Å². The second-order valence-corrected chi connectivity index (χ2v) is 15.0. The molecule has 0 rings (SSSR count). The van der Waals surface area contributed by atoms with E-state index >= 15 is 0 Å². The smallest absolute Gasteiger partial charge is 0.328 e. The fourth-order valence-electron chi connectivity index (χ4n) is 5.49. The quantitative estimate of drug-likeness (QED) is 0.0161. The van der Waals surface area contributed by atoms with E-state index in [1.165, 1.54) is 0 Å². The number of carboxylic acids is 1. The highest BCUT2D eigenvalue weighted by Crippen LogP contribution is 2.14. The number of aliphatic hydroxyl groups is 1. The predicted molar refractivity (Wildman–Crippen MR) is 219 cm³/mol.